The lowest BCUT2D eigenvalue weighted by Gasteiger charge is -2.26. The summed E-state index contributed by atoms with van der Waals surface area (Å²) in [7, 11) is 0. The molecule has 5 rings (SSSR count). The van der Waals surface area contributed by atoms with Crippen molar-refractivity contribution < 1.29 is 14.3 Å². The smallest absolute Gasteiger partial charge is 0.257 e. The minimum atomic E-state index is 0.0275. The van der Waals surface area contributed by atoms with Crippen LogP contribution in [0.3, 0.4) is 0 Å². The molecule has 34 heavy (non-hydrogen) atoms. The number of aromatic nitrogens is 2. The summed E-state index contributed by atoms with van der Waals surface area (Å²) in [6.45, 7) is 4.95. The van der Waals surface area contributed by atoms with E-state index < -0.39 is 0 Å². The van der Waals surface area contributed by atoms with Gasteiger partial charge in [-0.05, 0) is 61.9 Å². The van der Waals surface area contributed by atoms with Crippen LogP contribution in [0, 0.1) is 0 Å². The van der Waals surface area contributed by atoms with Gasteiger partial charge in [-0.15, -0.1) is 0 Å². The van der Waals surface area contributed by atoms with Crippen LogP contribution in [0.2, 0.25) is 0 Å². The molecule has 0 N–H and O–H groups in total. The molecule has 0 aliphatic carbocycles. The van der Waals surface area contributed by atoms with Gasteiger partial charge in [-0.3, -0.25) is 14.6 Å². The quantitative estimate of drug-likeness (QED) is 0.562. The maximum atomic E-state index is 13.1. The zero-order valence-electron chi connectivity index (χ0n) is 19.6. The van der Waals surface area contributed by atoms with Gasteiger partial charge in [0.2, 0.25) is 0 Å². The lowest BCUT2D eigenvalue weighted by atomic mass is 10.1. The number of aryl methyl sites for hydroxylation is 2. The maximum Gasteiger partial charge on any atom is 0.257 e. The van der Waals surface area contributed by atoms with Gasteiger partial charge in [-0.25, -0.2) is 0 Å². The van der Waals surface area contributed by atoms with Crippen LogP contribution < -0.4 is 0 Å². The van der Waals surface area contributed by atoms with Crippen molar-refractivity contribution in [3.63, 3.8) is 0 Å². The number of benzene rings is 1. The van der Waals surface area contributed by atoms with E-state index in [0.29, 0.717) is 31.9 Å². The van der Waals surface area contributed by atoms with Gasteiger partial charge in [0, 0.05) is 50.7 Å². The molecule has 2 aliphatic heterocycles. The molecule has 0 radical (unpaired) electrons. The number of carbonyl (C=O) groups is 2. The number of hydrogen-bond donors (Lipinski definition) is 0. The van der Waals surface area contributed by atoms with Gasteiger partial charge in [-0.2, -0.15) is 0 Å². The maximum absolute atomic E-state index is 13.1. The molecular formula is C27H32N4O3. The molecule has 7 nitrogen and oxygen atoms in total. The average molecular weight is 461 g/mol. The molecule has 0 saturated carbocycles. The number of likely N-dealkylation sites (tertiary alicyclic amines) is 1. The van der Waals surface area contributed by atoms with Gasteiger partial charge in [0.1, 0.15) is 5.52 Å². The third-order valence-corrected chi connectivity index (χ3v) is 6.87. The number of nitrogens with zero attached hydrogens (tertiary/aromatic N) is 4. The molecule has 0 spiro atoms. The van der Waals surface area contributed by atoms with Gasteiger partial charge in [0.25, 0.3) is 11.8 Å². The van der Waals surface area contributed by atoms with E-state index in [1.165, 1.54) is 12.0 Å². The molecule has 7 heteroatoms. The number of hydrogen-bond acceptors (Lipinski definition) is 4. The van der Waals surface area contributed by atoms with Crippen LogP contribution in [0.5, 0.6) is 0 Å². The highest BCUT2D eigenvalue weighted by atomic mass is 16.5. The van der Waals surface area contributed by atoms with Crippen molar-refractivity contribution in [2.75, 3.05) is 39.4 Å². The molecule has 1 aromatic carbocycles. The highest BCUT2D eigenvalue weighted by molar-refractivity contribution is 6.05. The first-order valence-electron chi connectivity index (χ1n) is 12.4. The Bertz CT molecular complexity index is 1140. The summed E-state index contributed by atoms with van der Waals surface area (Å²) in [5.41, 5.74) is 4.41. The van der Waals surface area contributed by atoms with Crippen molar-refractivity contribution in [3.8, 4) is 0 Å². The largest absolute Gasteiger partial charge is 0.378 e. The van der Waals surface area contributed by atoms with Crippen LogP contribution in [-0.4, -0.2) is 70.6 Å². The zero-order valence-corrected chi connectivity index (χ0v) is 19.6. The second-order valence-electron chi connectivity index (χ2n) is 9.17. The van der Waals surface area contributed by atoms with Crippen molar-refractivity contribution in [2.45, 2.75) is 38.6 Å². The number of amides is 2. The second-order valence-corrected chi connectivity index (χ2v) is 9.17. The third kappa shape index (κ3) is 4.85. The van der Waals surface area contributed by atoms with Crippen LogP contribution >= 0.6 is 0 Å². The first-order chi connectivity index (χ1) is 16.7. The van der Waals surface area contributed by atoms with Crippen LogP contribution in [0.4, 0.5) is 0 Å². The molecule has 3 aromatic rings. The van der Waals surface area contributed by atoms with Crippen molar-refractivity contribution in [2.24, 2.45) is 0 Å². The molecule has 0 unspecified atom stereocenters. The fourth-order valence-corrected chi connectivity index (χ4v) is 4.95. The summed E-state index contributed by atoms with van der Waals surface area (Å²) in [5, 5.41) is 0. The summed E-state index contributed by atoms with van der Waals surface area (Å²) < 4.78 is 7.53. The number of ether oxygens (including phenoxy) is 1. The molecule has 2 aliphatic rings. The van der Waals surface area contributed by atoms with E-state index in [2.05, 4.69) is 21.7 Å². The van der Waals surface area contributed by atoms with E-state index >= 15 is 0 Å². The number of carbonyl (C=O) groups excluding carboxylic acids is 2. The van der Waals surface area contributed by atoms with Gasteiger partial charge >= 0.3 is 0 Å². The molecule has 0 bridgehead atoms. The third-order valence-electron chi connectivity index (χ3n) is 6.87. The van der Waals surface area contributed by atoms with Crippen LogP contribution in [0.1, 0.15) is 52.0 Å². The van der Waals surface area contributed by atoms with E-state index in [1.54, 1.807) is 6.20 Å². The van der Waals surface area contributed by atoms with E-state index in [9.17, 15) is 9.59 Å². The molecule has 4 heterocycles. The Morgan fingerprint density at radius 2 is 1.62 bits per heavy atom. The molecular weight excluding hydrogens is 428 g/mol. The Morgan fingerprint density at radius 3 is 2.38 bits per heavy atom. The first kappa shape index (κ1) is 22.6. The fraction of sp³-hybridized carbons (Fsp3) is 0.444. The summed E-state index contributed by atoms with van der Waals surface area (Å²) in [4.78, 5) is 34.1. The van der Waals surface area contributed by atoms with E-state index in [4.69, 9.17) is 4.74 Å². The first-order valence-corrected chi connectivity index (χ1v) is 12.4. The zero-order chi connectivity index (χ0) is 23.3. The van der Waals surface area contributed by atoms with Gasteiger partial charge in [0.05, 0.1) is 24.3 Å². The second kappa shape index (κ2) is 10.4. The predicted octanol–water partition coefficient (Wildman–Crippen LogP) is 3.77. The highest BCUT2D eigenvalue weighted by Crippen LogP contribution is 2.22. The Morgan fingerprint density at radius 1 is 0.882 bits per heavy atom. The van der Waals surface area contributed by atoms with E-state index in [0.717, 1.165) is 61.9 Å². The highest BCUT2D eigenvalue weighted by Gasteiger charge is 2.23. The Hall–Kier alpha value is -3.19. The Kier molecular flexibility index (Phi) is 6.90. The van der Waals surface area contributed by atoms with Crippen molar-refractivity contribution >= 4 is 22.8 Å². The van der Waals surface area contributed by atoms with E-state index in [-0.39, 0.29) is 11.8 Å². The molecule has 2 fully saturated rings. The minimum absolute atomic E-state index is 0.0275. The van der Waals surface area contributed by atoms with Crippen LogP contribution in [-0.2, 0) is 17.7 Å². The monoisotopic (exact) mass is 460 g/mol. The van der Waals surface area contributed by atoms with Crippen LogP contribution in [0.15, 0.2) is 48.8 Å². The number of pyridine rings is 1. The molecule has 178 valence electrons. The summed E-state index contributed by atoms with van der Waals surface area (Å²) >= 11 is 0. The van der Waals surface area contributed by atoms with Gasteiger partial charge in [0.15, 0.2) is 0 Å². The Balaban J connectivity index is 1.23. The van der Waals surface area contributed by atoms with Crippen molar-refractivity contribution in [3.05, 3.63) is 65.5 Å². The number of morpholine rings is 1. The van der Waals surface area contributed by atoms with Gasteiger partial charge in [-0.1, -0.05) is 12.1 Å². The number of piperidine rings is 1. The summed E-state index contributed by atoms with van der Waals surface area (Å²) in [6.07, 6.45) is 8.97. The Labute approximate surface area is 200 Å². The van der Waals surface area contributed by atoms with E-state index in [1.807, 2.05) is 40.3 Å². The topological polar surface area (TPSA) is 67.7 Å². The SMILES string of the molecule is O=C(c1ccc(CCCn2cc(C(=O)N3CCOCC3)c3ncccc32)cc1)N1CCCCC1. The predicted molar refractivity (Wildman–Crippen MR) is 131 cm³/mol. The standard InChI is InChI=1S/C27H32N4O3/c32-26(29-13-2-1-3-14-29)22-10-8-21(9-11-22)6-5-15-31-20-23(25-24(31)7-4-12-28-25)27(33)30-16-18-34-19-17-30/h4,7-12,20H,1-3,5-6,13-19H2. The summed E-state index contributed by atoms with van der Waals surface area (Å²) in [5.74, 6) is 0.176. The average Bonchev–Trinajstić information content (AvgIpc) is 3.28. The number of rotatable bonds is 6. The lowest BCUT2D eigenvalue weighted by molar-refractivity contribution is 0.0304. The number of fused-ring (bicyclic) bond motifs is 1. The molecule has 2 amide bonds. The van der Waals surface area contributed by atoms with Gasteiger partial charge < -0.3 is 19.1 Å². The molecule has 2 aromatic heterocycles. The summed E-state index contributed by atoms with van der Waals surface area (Å²) in [6, 6.07) is 12.0. The normalized spacial score (nSPS) is 16.7. The molecule has 0 atom stereocenters. The lowest BCUT2D eigenvalue weighted by Crippen LogP contribution is -2.40. The molecule has 2 saturated heterocycles. The van der Waals surface area contributed by atoms with Crippen molar-refractivity contribution in [1.29, 1.82) is 0 Å². The fourth-order valence-electron chi connectivity index (χ4n) is 4.95. The minimum Gasteiger partial charge on any atom is -0.378 e. The van der Waals surface area contributed by atoms with Crippen molar-refractivity contribution in [1.82, 2.24) is 19.4 Å². The van der Waals surface area contributed by atoms with Crippen LogP contribution in [0.25, 0.3) is 11.0 Å².